The zero-order valence-electron chi connectivity index (χ0n) is 13.8. The van der Waals surface area contributed by atoms with Gasteiger partial charge in [-0.15, -0.1) is 0 Å². The highest BCUT2D eigenvalue weighted by molar-refractivity contribution is 5.33. The van der Waals surface area contributed by atoms with E-state index in [-0.39, 0.29) is 5.41 Å². The van der Waals surface area contributed by atoms with Gasteiger partial charge in [-0.25, -0.2) is 0 Å². The number of nitrogens with zero attached hydrogens (tertiary/aromatic N) is 1. The van der Waals surface area contributed by atoms with E-state index in [4.69, 9.17) is 10.00 Å². The molecule has 0 heterocycles. The van der Waals surface area contributed by atoms with E-state index >= 15 is 0 Å². The van der Waals surface area contributed by atoms with Crippen LogP contribution in [-0.4, -0.2) is 13.2 Å². The molecule has 0 spiro atoms. The van der Waals surface area contributed by atoms with Gasteiger partial charge >= 0.3 is 0 Å². The molecule has 3 heteroatoms. The molecule has 0 aromatic heterocycles. The highest BCUT2D eigenvalue weighted by Gasteiger charge is 2.15. The van der Waals surface area contributed by atoms with Crippen LogP contribution < -0.4 is 10.1 Å². The van der Waals surface area contributed by atoms with Gasteiger partial charge in [-0.2, -0.15) is 5.26 Å². The fraction of sp³-hybridized carbons (Fsp3) is 0.611. The SMILES string of the molecule is CC(C)CNCc1ccccc1OCCCC(C)(C)C#N. The molecular formula is C18H28N2O. The first kappa shape index (κ1) is 17.5. The average molecular weight is 288 g/mol. The van der Waals surface area contributed by atoms with Gasteiger partial charge in [0.05, 0.1) is 18.1 Å². The Bertz CT molecular complexity index is 461. The number of rotatable bonds is 9. The summed E-state index contributed by atoms with van der Waals surface area (Å²) in [7, 11) is 0. The Hall–Kier alpha value is -1.53. The Morgan fingerprint density at radius 2 is 2.00 bits per heavy atom. The second-order valence-electron chi connectivity index (χ2n) is 6.58. The molecule has 0 bridgehead atoms. The molecule has 0 unspecified atom stereocenters. The Morgan fingerprint density at radius 3 is 2.67 bits per heavy atom. The maximum atomic E-state index is 9.00. The Labute approximate surface area is 129 Å². The summed E-state index contributed by atoms with van der Waals surface area (Å²) in [6.45, 7) is 10.8. The maximum absolute atomic E-state index is 9.00. The minimum absolute atomic E-state index is 0.262. The van der Waals surface area contributed by atoms with Gasteiger partial charge in [0, 0.05) is 12.1 Å². The van der Waals surface area contributed by atoms with Crippen molar-refractivity contribution in [2.45, 2.75) is 47.1 Å². The lowest BCUT2D eigenvalue weighted by Gasteiger charge is -2.16. The molecule has 0 radical (unpaired) electrons. The normalized spacial score (nSPS) is 11.4. The van der Waals surface area contributed by atoms with Gasteiger partial charge in [-0.3, -0.25) is 0 Å². The largest absolute Gasteiger partial charge is 0.493 e. The van der Waals surface area contributed by atoms with Crippen LogP contribution in [0.25, 0.3) is 0 Å². The molecule has 0 amide bonds. The van der Waals surface area contributed by atoms with Crippen molar-refractivity contribution in [3.8, 4) is 11.8 Å². The van der Waals surface area contributed by atoms with E-state index in [1.807, 2.05) is 32.0 Å². The number of nitrogens with one attached hydrogen (secondary N) is 1. The van der Waals surface area contributed by atoms with E-state index in [1.165, 1.54) is 5.56 Å². The summed E-state index contributed by atoms with van der Waals surface area (Å²) in [5.41, 5.74) is 0.930. The summed E-state index contributed by atoms with van der Waals surface area (Å²) in [6.07, 6.45) is 1.76. The molecule has 0 fully saturated rings. The minimum atomic E-state index is -0.262. The number of hydrogen-bond acceptors (Lipinski definition) is 3. The molecule has 0 atom stereocenters. The van der Waals surface area contributed by atoms with Gasteiger partial charge in [0.1, 0.15) is 5.75 Å². The Morgan fingerprint density at radius 1 is 1.29 bits per heavy atom. The molecule has 1 N–H and O–H groups in total. The molecule has 0 saturated carbocycles. The first-order valence-corrected chi connectivity index (χ1v) is 7.77. The van der Waals surface area contributed by atoms with E-state index in [1.54, 1.807) is 0 Å². The third-order valence-electron chi connectivity index (χ3n) is 3.35. The lowest BCUT2D eigenvalue weighted by molar-refractivity contribution is 0.281. The summed E-state index contributed by atoms with van der Waals surface area (Å²) < 4.78 is 5.89. The first-order valence-electron chi connectivity index (χ1n) is 7.77. The summed E-state index contributed by atoms with van der Waals surface area (Å²) in [6, 6.07) is 10.5. The van der Waals surface area contributed by atoms with Crippen molar-refractivity contribution < 1.29 is 4.74 Å². The standard InChI is InChI=1S/C18H28N2O/c1-15(2)12-20-13-16-8-5-6-9-17(16)21-11-7-10-18(3,4)14-19/h5-6,8-9,15,20H,7,10-13H2,1-4H3. The predicted molar refractivity (Wildman–Crippen MR) is 87.1 cm³/mol. The lowest BCUT2D eigenvalue weighted by atomic mass is 9.90. The number of nitriles is 1. The molecule has 0 aliphatic carbocycles. The third kappa shape index (κ3) is 7.15. The lowest BCUT2D eigenvalue weighted by Crippen LogP contribution is -2.19. The van der Waals surface area contributed by atoms with E-state index in [2.05, 4.69) is 31.3 Å². The van der Waals surface area contributed by atoms with E-state index in [0.29, 0.717) is 12.5 Å². The molecule has 0 aliphatic rings. The van der Waals surface area contributed by atoms with E-state index in [9.17, 15) is 0 Å². The van der Waals surface area contributed by atoms with Gasteiger partial charge in [0.25, 0.3) is 0 Å². The number of benzene rings is 1. The minimum Gasteiger partial charge on any atom is -0.493 e. The van der Waals surface area contributed by atoms with Crippen LogP contribution in [0.1, 0.15) is 46.1 Å². The van der Waals surface area contributed by atoms with Gasteiger partial charge < -0.3 is 10.1 Å². The van der Waals surface area contributed by atoms with Crippen LogP contribution in [0.5, 0.6) is 5.75 Å². The van der Waals surface area contributed by atoms with Crippen molar-refractivity contribution in [3.63, 3.8) is 0 Å². The Balaban J connectivity index is 2.42. The van der Waals surface area contributed by atoms with Gasteiger partial charge in [-0.1, -0.05) is 32.0 Å². The number of hydrogen-bond donors (Lipinski definition) is 1. The van der Waals surface area contributed by atoms with Crippen molar-refractivity contribution in [1.29, 1.82) is 5.26 Å². The predicted octanol–water partition coefficient (Wildman–Crippen LogP) is 4.14. The molecule has 1 aromatic rings. The maximum Gasteiger partial charge on any atom is 0.123 e. The quantitative estimate of drug-likeness (QED) is 0.695. The van der Waals surface area contributed by atoms with Crippen LogP contribution in [0.2, 0.25) is 0 Å². The molecule has 0 saturated heterocycles. The first-order chi connectivity index (χ1) is 9.94. The van der Waals surface area contributed by atoms with Crippen LogP contribution in [0.4, 0.5) is 0 Å². The number of para-hydroxylation sites is 1. The summed E-state index contributed by atoms with van der Waals surface area (Å²) >= 11 is 0. The highest BCUT2D eigenvalue weighted by Crippen LogP contribution is 2.22. The molecule has 21 heavy (non-hydrogen) atoms. The van der Waals surface area contributed by atoms with E-state index in [0.717, 1.165) is 31.7 Å². The fourth-order valence-corrected chi connectivity index (χ4v) is 2.04. The second kappa shape index (κ2) is 8.69. The summed E-state index contributed by atoms with van der Waals surface area (Å²) in [5.74, 6) is 1.59. The van der Waals surface area contributed by atoms with Gasteiger partial charge in [0.15, 0.2) is 0 Å². The van der Waals surface area contributed by atoms with Crippen LogP contribution in [0.3, 0.4) is 0 Å². The zero-order valence-corrected chi connectivity index (χ0v) is 13.8. The Kier molecular flexibility index (Phi) is 7.25. The molecule has 1 rings (SSSR count). The van der Waals surface area contributed by atoms with Crippen LogP contribution >= 0.6 is 0 Å². The van der Waals surface area contributed by atoms with Crippen LogP contribution in [-0.2, 0) is 6.54 Å². The molecule has 1 aromatic carbocycles. The topological polar surface area (TPSA) is 45.0 Å². The van der Waals surface area contributed by atoms with E-state index < -0.39 is 0 Å². The molecule has 0 aliphatic heterocycles. The van der Waals surface area contributed by atoms with Crippen molar-refractivity contribution in [3.05, 3.63) is 29.8 Å². The van der Waals surface area contributed by atoms with Crippen molar-refractivity contribution in [2.24, 2.45) is 11.3 Å². The number of ether oxygens (including phenoxy) is 1. The van der Waals surface area contributed by atoms with Crippen LogP contribution in [0, 0.1) is 22.7 Å². The fourth-order valence-electron chi connectivity index (χ4n) is 2.04. The van der Waals surface area contributed by atoms with Gasteiger partial charge in [-0.05, 0) is 45.2 Å². The molecular weight excluding hydrogens is 260 g/mol. The highest BCUT2D eigenvalue weighted by atomic mass is 16.5. The smallest absolute Gasteiger partial charge is 0.123 e. The average Bonchev–Trinajstić information content (AvgIpc) is 2.44. The summed E-state index contributed by atoms with van der Waals surface area (Å²) in [4.78, 5) is 0. The van der Waals surface area contributed by atoms with Crippen molar-refractivity contribution >= 4 is 0 Å². The van der Waals surface area contributed by atoms with Crippen molar-refractivity contribution in [1.82, 2.24) is 5.32 Å². The van der Waals surface area contributed by atoms with Crippen molar-refractivity contribution in [2.75, 3.05) is 13.2 Å². The second-order valence-corrected chi connectivity index (χ2v) is 6.58. The molecule has 116 valence electrons. The molecule has 3 nitrogen and oxygen atoms in total. The zero-order chi connectivity index (χ0) is 15.7. The third-order valence-corrected chi connectivity index (χ3v) is 3.35. The summed E-state index contributed by atoms with van der Waals surface area (Å²) in [5, 5.41) is 12.4. The van der Waals surface area contributed by atoms with Crippen LogP contribution in [0.15, 0.2) is 24.3 Å². The van der Waals surface area contributed by atoms with Gasteiger partial charge in [0.2, 0.25) is 0 Å². The monoisotopic (exact) mass is 288 g/mol.